The Kier molecular flexibility index (Phi) is 4.12. The van der Waals surface area contributed by atoms with Crippen LogP contribution in [0.1, 0.15) is 5.56 Å². The molecule has 0 unspecified atom stereocenters. The Bertz CT molecular complexity index is 519. The number of halogens is 1. The fraction of sp³-hybridized carbons (Fsp3) is 0.214. The van der Waals surface area contributed by atoms with Gasteiger partial charge in [-0.25, -0.2) is 9.37 Å². The highest BCUT2D eigenvalue weighted by atomic mass is 19.1. The first-order valence-electron chi connectivity index (χ1n) is 5.90. The van der Waals surface area contributed by atoms with Crippen molar-refractivity contribution >= 4 is 5.95 Å². The summed E-state index contributed by atoms with van der Waals surface area (Å²) in [6, 6.07) is 6.85. The molecule has 0 aliphatic carbocycles. The van der Waals surface area contributed by atoms with E-state index in [1.165, 1.54) is 6.07 Å². The van der Waals surface area contributed by atoms with E-state index >= 15 is 0 Å². The molecule has 2 rings (SSSR count). The van der Waals surface area contributed by atoms with Crippen LogP contribution in [-0.4, -0.2) is 16.1 Å². The summed E-state index contributed by atoms with van der Waals surface area (Å²) in [5.41, 5.74) is 0.723. The predicted octanol–water partition coefficient (Wildman–Crippen LogP) is 2.86. The average molecular weight is 245 g/mol. The van der Waals surface area contributed by atoms with E-state index in [4.69, 9.17) is 0 Å². The Balaban J connectivity index is 2.00. The highest BCUT2D eigenvalue weighted by Crippen LogP contribution is 2.10. The molecular weight excluding hydrogens is 229 g/mol. The second-order valence-corrected chi connectivity index (χ2v) is 3.96. The molecule has 0 amide bonds. The standard InChI is InChI=1S/C14H16FN3/c1-2-8-16-14-17-9-11-18(14)10-7-12-5-3-4-6-13(12)15/h2-6,9,11H,1,7-8,10H2,(H,16,17). The van der Waals surface area contributed by atoms with Crippen molar-refractivity contribution in [1.29, 1.82) is 0 Å². The predicted molar refractivity (Wildman–Crippen MR) is 71.0 cm³/mol. The summed E-state index contributed by atoms with van der Waals surface area (Å²) in [5, 5.41) is 3.13. The summed E-state index contributed by atoms with van der Waals surface area (Å²) < 4.78 is 15.4. The molecule has 1 heterocycles. The average Bonchev–Trinajstić information content (AvgIpc) is 2.83. The highest BCUT2D eigenvalue weighted by Gasteiger charge is 2.04. The minimum Gasteiger partial charge on any atom is -0.352 e. The number of aromatic nitrogens is 2. The van der Waals surface area contributed by atoms with Gasteiger partial charge in [0.05, 0.1) is 0 Å². The zero-order valence-corrected chi connectivity index (χ0v) is 10.1. The van der Waals surface area contributed by atoms with Gasteiger partial charge in [0, 0.05) is 25.5 Å². The molecule has 18 heavy (non-hydrogen) atoms. The Morgan fingerprint density at radius 1 is 1.39 bits per heavy atom. The fourth-order valence-electron chi connectivity index (χ4n) is 1.76. The number of benzene rings is 1. The summed E-state index contributed by atoms with van der Waals surface area (Å²) in [6.07, 6.45) is 6.03. The summed E-state index contributed by atoms with van der Waals surface area (Å²) in [6.45, 7) is 5.00. The van der Waals surface area contributed by atoms with Crippen molar-refractivity contribution in [3.8, 4) is 0 Å². The zero-order chi connectivity index (χ0) is 12.8. The molecule has 0 aliphatic heterocycles. The number of anilines is 1. The van der Waals surface area contributed by atoms with Gasteiger partial charge in [-0.1, -0.05) is 24.3 Å². The topological polar surface area (TPSA) is 29.9 Å². The third-order valence-electron chi connectivity index (χ3n) is 2.70. The first-order chi connectivity index (χ1) is 8.81. The van der Waals surface area contributed by atoms with Crippen molar-refractivity contribution in [3.63, 3.8) is 0 Å². The molecular formula is C14H16FN3. The Morgan fingerprint density at radius 3 is 3.00 bits per heavy atom. The molecule has 0 atom stereocenters. The quantitative estimate of drug-likeness (QED) is 0.793. The number of imidazole rings is 1. The first kappa shape index (κ1) is 12.4. The molecule has 0 saturated heterocycles. The fourth-order valence-corrected chi connectivity index (χ4v) is 1.76. The van der Waals surface area contributed by atoms with E-state index < -0.39 is 0 Å². The van der Waals surface area contributed by atoms with Crippen LogP contribution in [0.25, 0.3) is 0 Å². The SMILES string of the molecule is C=CCNc1nccn1CCc1ccccc1F. The number of hydrogen-bond acceptors (Lipinski definition) is 2. The van der Waals surface area contributed by atoms with E-state index in [1.54, 1.807) is 18.3 Å². The monoisotopic (exact) mass is 245 g/mol. The lowest BCUT2D eigenvalue weighted by molar-refractivity contribution is 0.594. The summed E-state index contributed by atoms with van der Waals surface area (Å²) >= 11 is 0. The Hall–Kier alpha value is -2.10. The van der Waals surface area contributed by atoms with Gasteiger partial charge >= 0.3 is 0 Å². The van der Waals surface area contributed by atoms with Gasteiger partial charge in [-0.05, 0) is 18.1 Å². The summed E-state index contributed by atoms with van der Waals surface area (Å²) in [5.74, 6) is 0.629. The van der Waals surface area contributed by atoms with Crippen LogP contribution in [0.5, 0.6) is 0 Å². The van der Waals surface area contributed by atoms with Crippen LogP contribution in [0.15, 0.2) is 49.3 Å². The molecule has 1 aromatic heterocycles. The number of aryl methyl sites for hydroxylation is 2. The van der Waals surface area contributed by atoms with E-state index in [0.29, 0.717) is 19.5 Å². The number of hydrogen-bond donors (Lipinski definition) is 1. The second kappa shape index (κ2) is 6.00. The van der Waals surface area contributed by atoms with Crippen molar-refractivity contribution in [2.75, 3.05) is 11.9 Å². The van der Waals surface area contributed by atoms with Gasteiger partial charge in [0.15, 0.2) is 0 Å². The van der Waals surface area contributed by atoms with Gasteiger partial charge in [0.1, 0.15) is 5.82 Å². The maximum absolute atomic E-state index is 13.5. The van der Waals surface area contributed by atoms with E-state index in [1.807, 2.05) is 22.9 Å². The maximum Gasteiger partial charge on any atom is 0.203 e. The molecule has 3 nitrogen and oxygen atoms in total. The molecule has 1 aromatic carbocycles. The van der Waals surface area contributed by atoms with Crippen LogP contribution < -0.4 is 5.32 Å². The normalized spacial score (nSPS) is 10.3. The van der Waals surface area contributed by atoms with Crippen molar-refractivity contribution in [2.45, 2.75) is 13.0 Å². The molecule has 0 fully saturated rings. The Morgan fingerprint density at radius 2 is 2.22 bits per heavy atom. The van der Waals surface area contributed by atoms with Crippen molar-refractivity contribution < 1.29 is 4.39 Å². The smallest absolute Gasteiger partial charge is 0.203 e. The molecule has 1 N–H and O–H groups in total. The van der Waals surface area contributed by atoms with Gasteiger partial charge in [-0.2, -0.15) is 0 Å². The largest absolute Gasteiger partial charge is 0.352 e. The van der Waals surface area contributed by atoms with Crippen molar-refractivity contribution in [3.05, 3.63) is 60.7 Å². The van der Waals surface area contributed by atoms with Crippen LogP contribution in [-0.2, 0) is 13.0 Å². The van der Waals surface area contributed by atoms with Gasteiger partial charge in [0.2, 0.25) is 5.95 Å². The van der Waals surface area contributed by atoms with E-state index in [9.17, 15) is 4.39 Å². The van der Waals surface area contributed by atoms with E-state index in [2.05, 4.69) is 16.9 Å². The number of rotatable bonds is 6. The van der Waals surface area contributed by atoms with Gasteiger partial charge in [-0.3, -0.25) is 0 Å². The lowest BCUT2D eigenvalue weighted by Crippen LogP contribution is -2.09. The summed E-state index contributed by atoms with van der Waals surface area (Å²) in [4.78, 5) is 4.20. The molecule has 0 bridgehead atoms. The van der Waals surface area contributed by atoms with Crippen molar-refractivity contribution in [1.82, 2.24) is 9.55 Å². The second-order valence-electron chi connectivity index (χ2n) is 3.96. The lowest BCUT2D eigenvalue weighted by atomic mass is 10.1. The van der Waals surface area contributed by atoms with E-state index in [0.717, 1.165) is 11.5 Å². The molecule has 0 spiro atoms. The maximum atomic E-state index is 13.5. The third kappa shape index (κ3) is 2.97. The number of nitrogens with zero attached hydrogens (tertiary/aromatic N) is 2. The van der Waals surface area contributed by atoms with Crippen LogP contribution in [0, 0.1) is 5.82 Å². The van der Waals surface area contributed by atoms with Gasteiger partial charge < -0.3 is 9.88 Å². The zero-order valence-electron chi connectivity index (χ0n) is 10.1. The van der Waals surface area contributed by atoms with Crippen LogP contribution in [0.3, 0.4) is 0 Å². The number of nitrogens with one attached hydrogen (secondary N) is 1. The molecule has 0 aliphatic rings. The minimum atomic E-state index is -0.154. The molecule has 2 aromatic rings. The minimum absolute atomic E-state index is 0.154. The molecule has 0 radical (unpaired) electrons. The van der Waals surface area contributed by atoms with Gasteiger partial charge in [0.25, 0.3) is 0 Å². The molecule has 0 saturated carbocycles. The Labute approximate surface area is 106 Å². The highest BCUT2D eigenvalue weighted by molar-refractivity contribution is 5.27. The molecule has 94 valence electrons. The van der Waals surface area contributed by atoms with Gasteiger partial charge in [-0.15, -0.1) is 6.58 Å². The lowest BCUT2D eigenvalue weighted by Gasteiger charge is -2.09. The van der Waals surface area contributed by atoms with Crippen LogP contribution in [0.2, 0.25) is 0 Å². The van der Waals surface area contributed by atoms with Crippen LogP contribution >= 0.6 is 0 Å². The van der Waals surface area contributed by atoms with Crippen molar-refractivity contribution in [2.24, 2.45) is 0 Å². The first-order valence-corrected chi connectivity index (χ1v) is 5.90. The van der Waals surface area contributed by atoms with Crippen LogP contribution in [0.4, 0.5) is 10.3 Å². The molecule has 4 heteroatoms. The summed E-state index contributed by atoms with van der Waals surface area (Å²) in [7, 11) is 0. The van der Waals surface area contributed by atoms with E-state index in [-0.39, 0.29) is 5.82 Å². The third-order valence-corrected chi connectivity index (χ3v) is 2.70.